The van der Waals surface area contributed by atoms with E-state index < -0.39 is 26.0 Å². The topological polar surface area (TPSA) is 130 Å². The molecule has 0 bridgehead atoms. The van der Waals surface area contributed by atoms with Crippen LogP contribution in [-0.2, 0) is 25.0 Å². The maximum Gasteiger partial charge on any atom is 1.00 e. The Morgan fingerprint density at radius 2 is 1.63 bits per heavy atom. The van der Waals surface area contributed by atoms with Crippen LogP contribution in [0.4, 0.5) is 0 Å². The molecule has 3 aliphatic carbocycles. The molecule has 0 aromatic heterocycles. The quantitative estimate of drug-likeness (QED) is 0.129. The van der Waals surface area contributed by atoms with Gasteiger partial charge in [-0.05, 0) is 79.5 Å². The average Bonchev–Trinajstić information content (AvgIpc) is 3.49. The van der Waals surface area contributed by atoms with Gasteiger partial charge in [-0.3, -0.25) is 0 Å². The third-order valence-electron chi connectivity index (χ3n) is 11.3. The Bertz CT molecular complexity index is 1360. The Morgan fingerprint density at radius 3 is 2.30 bits per heavy atom. The monoisotopic (exact) mass is 724 g/mol. The van der Waals surface area contributed by atoms with Crippen molar-refractivity contribution in [3.05, 3.63) is 23.6 Å². The Labute approximate surface area is 324 Å². The predicted octanol–water partition coefficient (Wildman–Crippen LogP) is 2.45. The molecule has 46 heavy (non-hydrogen) atoms. The number of thioether (sulfide) groups is 1. The molecule has 0 amide bonds. The van der Waals surface area contributed by atoms with Gasteiger partial charge in [0.25, 0.3) is 0 Å². The smallest absolute Gasteiger partial charge is 0.748 e. The molecule has 2 aliphatic heterocycles. The zero-order valence-corrected chi connectivity index (χ0v) is 33.8. The minimum atomic E-state index is -4.37. The normalized spacial score (nSPS) is 33.5. The minimum absolute atomic E-state index is 0. The number of fused-ring (bicyclic) bond motifs is 2. The van der Waals surface area contributed by atoms with Crippen LogP contribution in [0.1, 0.15) is 104 Å². The molecule has 7 unspecified atom stereocenters. The van der Waals surface area contributed by atoms with Crippen molar-refractivity contribution in [2.24, 2.45) is 23.7 Å². The van der Waals surface area contributed by atoms with Crippen molar-refractivity contribution < 1.29 is 86.6 Å². The van der Waals surface area contributed by atoms with Crippen LogP contribution in [-0.4, -0.2) is 88.5 Å². The molecule has 5 rings (SSSR count). The summed E-state index contributed by atoms with van der Waals surface area (Å²) < 4.78 is 77.8. The van der Waals surface area contributed by atoms with Crippen molar-refractivity contribution >= 4 is 37.0 Å². The van der Waals surface area contributed by atoms with Gasteiger partial charge in [0.05, 0.1) is 37.3 Å². The Kier molecular flexibility index (Phi) is 14.7. The van der Waals surface area contributed by atoms with Gasteiger partial charge in [0.15, 0.2) is 11.9 Å². The molecule has 0 aromatic carbocycles. The van der Waals surface area contributed by atoms with E-state index in [1.54, 1.807) is 0 Å². The first kappa shape index (κ1) is 39.3. The summed E-state index contributed by atoms with van der Waals surface area (Å²) in [6.07, 6.45) is 17.8. The standard InChI is InChI=1S/C33H54N2O7S3.K/c1-4-25(21-33-35(14-8-9-16-44(36,37)38)29-18-23(2)24(3)19-31(29)43-33)20-32-34(15-17-45(39,40)41)28-22-27(12-13-30(28)42-32)26-10-6-5-7-11-26;/h20-21,23-24,26-31H,4-19,22H2,1-3H3,(H-,36,37,38,39,40,41);/q;+1/p-1. The molecular formula is C33H53KN2O7S3. The van der Waals surface area contributed by atoms with E-state index in [9.17, 15) is 25.9 Å². The minimum Gasteiger partial charge on any atom is -0.748 e. The van der Waals surface area contributed by atoms with Crippen molar-refractivity contribution in [3.8, 4) is 0 Å². The van der Waals surface area contributed by atoms with Crippen LogP contribution in [0.5, 0.6) is 0 Å². The van der Waals surface area contributed by atoms with Gasteiger partial charge in [-0.15, -0.1) is 0 Å². The maximum absolute atomic E-state index is 11.7. The van der Waals surface area contributed by atoms with E-state index >= 15 is 0 Å². The third-order valence-corrected chi connectivity index (χ3v) is 14.2. The van der Waals surface area contributed by atoms with Gasteiger partial charge in [0.2, 0.25) is 5.04 Å². The van der Waals surface area contributed by atoms with Gasteiger partial charge in [-0.1, -0.05) is 52.9 Å². The van der Waals surface area contributed by atoms with Crippen molar-refractivity contribution in [2.45, 2.75) is 128 Å². The zero-order chi connectivity index (χ0) is 32.4. The van der Waals surface area contributed by atoms with Gasteiger partial charge < -0.3 is 18.7 Å². The van der Waals surface area contributed by atoms with Crippen LogP contribution in [0, 0.1) is 23.7 Å². The van der Waals surface area contributed by atoms with Crippen LogP contribution >= 0.6 is 11.8 Å². The van der Waals surface area contributed by atoms with Crippen LogP contribution in [0.3, 0.4) is 0 Å². The summed E-state index contributed by atoms with van der Waals surface area (Å²) in [6, 6.07) is 0.466. The molecule has 9 nitrogen and oxygen atoms in total. The fourth-order valence-electron chi connectivity index (χ4n) is 8.52. The summed E-state index contributed by atoms with van der Waals surface area (Å²) in [6.45, 7) is 7.61. The maximum atomic E-state index is 11.7. The third kappa shape index (κ3) is 10.5. The molecule has 0 N–H and O–H groups in total. The SMILES string of the molecule is CCC(=CC1=[N+](CCCCS(=O)(=O)[O-])C2CC(C)C(C)CC2S1)C=C1OC2CCC(C3CCCCC3)CC2N1CCS(=O)(=O)[O-].[K+]. The van der Waals surface area contributed by atoms with E-state index in [2.05, 4.69) is 42.4 Å². The summed E-state index contributed by atoms with van der Waals surface area (Å²) in [7, 11) is -8.59. The number of hydrogen-bond acceptors (Lipinski definition) is 9. The van der Waals surface area contributed by atoms with Gasteiger partial charge in [-0.2, -0.15) is 0 Å². The number of hydrogen-bond donors (Lipinski definition) is 0. The molecule has 256 valence electrons. The van der Waals surface area contributed by atoms with Gasteiger partial charge >= 0.3 is 51.4 Å². The summed E-state index contributed by atoms with van der Waals surface area (Å²) in [4.78, 5) is 2.08. The van der Waals surface area contributed by atoms with Crippen LogP contribution in [0.25, 0.3) is 0 Å². The van der Waals surface area contributed by atoms with E-state index in [1.807, 2.05) is 11.8 Å². The second kappa shape index (κ2) is 17.2. The van der Waals surface area contributed by atoms with Crippen molar-refractivity contribution in [2.75, 3.05) is 24.6 Å². The van der Waals surface area contributed by atoms with Crippen molar-refractivity contribution in [3.63, 3.8) is 0 Å². The summed E-state index contributed by atoms with van der Waals surface area (Å²) in [5, 5.41) is 1.64. The molecule has 5 aliphatic rings. The van der Waals surface area contributed by atoms with Crippen molar-refractivity contribution in [1.29, 1.82) is 0 Å². The van der Waals surface area contributed by atoms with Crippen LogP contribution in [0.2, 0.25) is 0 Å². The summed E-state index contributed by atoms with van der Waals surface area (Å²) >= 11 is 1.91. The van der Waals surface area contributed by atoms with E-state index in [4.69, 9.17) is 4.74 Å². The molecule has 13 heteroatoms. The van der Waals surface area contributed by atoms with E-state index in [-0.39, 0.29) is 75.8 Å². The van der Waals surface area contributed by atoms with Crippen LogP contribution in [0.15, 0.2) is 23.6 Å². The first-order chi connectivity index (χ1) is 21.3. The van der Waals surface area contributed by atoms with E-state index in [0.29, 0.717) is 54.3 Å². The number of unbranched alkanes of at least 4 members (excludes halogenated alkanes) is 1. The Balaban J connectivity index is 0.00000480. The largest absolute Gasteiger partial charge is 1.00 e. The Hall–Kier alpha value is 0.556. The molecule has 3 saturated carbocycles. The molecular weight excluding hydrogens is 672 g/mol. The fraction of sp³-hybridized carbons (Fsp3) is 0.848. The van der Waals surface area contributed by atoms with Gasteiger partial charge in [0, 0.05) is 37.3 Å². The summed E-state index contributed by atoms with van der Waals surface area (Å²) in [5.41, 5.74) is 1.08. The van der Waals surface area contributed by atoms with Crippen molar-refractivity contribution in [1.82, 2.24) is 4.90 Å². The second-order valence-electron chi connectivity index (χ2n) is 14.4. The fourth-order valence-corrected chi connectivity index (χ4v) is 11.2. The Morgan fingerprint density at radius 1 is 0.935 bits per heavy atom. The average molecular weight is 725 g/mol. The first-order valence-electron chi connectivity index (χ1n) is 17.3. The molecule has 1 saturated heterocycles. The number of nitrogens with zero attached hydrogens (tertiary/aromatic N) is 2. The van der Waals surface area contributed by atoms with Gasteiger partial charge in [-0.25, -0.2) is 21.4 Å². The molecule has 0 spiro atoms. The molecule has 2 heterocycles. The molecule has 7 atom stereocenters. The number of ether oxygens (including phenoxy) is 1. The molecule has 0 aromatic rings. The van der Waals surface area contributed by atoms with Crippen LogP contribution < -0.4 is 51.4 Å². The van der Waals surface area contributed by atoms with Gasteiger partial charge in [0.1, 0.15) is 12.6 Å². The molecule has 0 radical (unpaired) electrons. The predicted molar refractivity (Wildman–Crippen MR) is 177 cm³/mol. The second-order valence-corrected chi connectivity index (χ2v) is 18.7. The summed E-state index contributed by atoms with van der Waals surface area (Å²) in [5.74, 6) is 2.51. The van der Waals surface area contributed by atoms with E-state index in [0.717, 1.165) is 50.0 Å². The first-order valence-corrected chi connectivity index (χ1v) is 21.4. The number of allylic oxidation sites excluding steroid dienone is 2. The van der Waals surface area contributed by atoms with E-state index in [1.165, 1.54) is 37.1 Å². The molecule has 4 fully saturated rings. The number of rotatable bonds is 12. The zero-order valence-electron chi connectivity index (χ0n) is 28.3.